The van der Waals surface area contributed by atoms with Gasteiger partial charge < -0.3 is 14.7 Å². The summed E-state index contributed by atoms with van der Waals surface area (Å²) in [6, 6.07) is 0.644. The average Bonchev–Trinajstić information content (AvgIpc) is 2.67. The van der Waals surface area contributed by atoms with Crippen LogP contribution in [-0.2, 0) is 6.42 Å². The second-order valence-corrected chi connectivity index (χ2v) is 5.41. The fourth-order valence-corrected chi connectivity index (χ4v) is 2.72. The van der Waals surface area contributed by atoms with Gasteiger partial charge in [-0.1, -0.05) is 12.1 Å². The third kappa shape index (κ3) is 4.91. The summed E-state index contributed by atoms with van der Waals surface area (Å²) < 4.78 is 5.12. The molecule has 1 aliphatic heterocycles. The molecule has 19 heavy (non-hydrogen) atoms. The van der Waals surface area contributed by atoms with Gasteiger partial charge in [-0.2, -0.15) is 4.98 Å². The molecule has 1 aromatic rings. The first-order valence-corrected chi connectivity index (χ1v) is 7.53. The van der Waals surface area contributed by atoms with E-state index in [1.54, 1.807) is 0 Å². The molecule has 1 saturated heterocycles. The third-order valence-electron chi connectivity index (χ3n) is 3.70. The quantitative estimate of drug-likeness (QED) is 0.850. The first kappa shape index (κ1) is 14.5. The van der Waals surface area contributed by atoms with Crippen LogP contribution in [0.1, 0.15) is 44.3 Å². The van der Waals surface area contributed by atoms with E-state index in [0.717, 1.165) is 24.7 Å². The minimum Gasteiger partial charge on any atom is -0.339 e. The zero-order valence-corrected chi connectivity index (χ0v) is 12.2. The maximum Gasteiger partial charge on any atom is 0.227 e. The Morgan fingerprint density at radius 3 is 3.00 bits per heavy atom. The van der Waals surface area contributed by atoms with Crippen LogP contribution in [0.25, 0.3) is 0 Å². The molecule has 0 aliphatic carbocycles. The normalized spacial score (nSPS) is 21.5. The van der Waals surface area contributed by atoms with E-state index in [9.17, 15) is 0 Å². The van der Waals surface area contributed by atoms with Gasteiger partial charge in [0.2, 0.25) is 5.89 Å². The minimum atomic E-state index is 0.644. The van der Waals surface area contributed by atoms with Gasteiger partial charge in [0.15, 0.2) is 5.82 Å². The van der Waals surface area contributed by atoms with Crippen molar-refractivity contribution >= 4 is 0 Å². The molecule has 0 bridgehead atoms. The van der Waals surface area contributed by atoms with Gasteiger partial charge in [0.05, 0.1) is 0 Å². The monoisotopic (exact) mass is 266 g/mol. The standard InChI is InChI=1S/C14H26N4O/c1-3-9-18-10-4-5-13(7-11-18)15-8-6-14-16-12(2)17-19-14/h13,15H,3-11H2,1-2H3. The fraction of sp³-hybridized carbons (Fsp3) is 0.857. The number of aromatic nitrogens is 2. The van der Waals surface area contributed by atoms with Gasteiger partial charge in [0.1, 0.15) is 0 Å². The maximum atomic E-state index is 5.12. The molecule has 0 amide bonds. The van der Waals surface area contributed by atoms with E-state index in [2.05, 4.69) is 27.3 Å². The number of hydrogen-bond donors (Lipinski definition) is 1. The Bertz CT molecular complexity index is 366. The number of aryl methyl sites for hydroxylation is 1. The molecule has 1 N–H and O–H groups in total. The second-order valence-electron chi connectivity index (χ2n) is 5.41. The Hall–Kier alpha value is -0.940. The fourth-order valence-electron chi connectivity index (χ4n) is 2.72. The van der Waals surface area contributed by atoms with Crippen molar-refractivity contribution in [3.63, 3.8) is 0 Å². The summed E-state index contributed by atoms with van der Waals surface area (Å²) in [6.07, 6.45) is 5.92. The molecule has 2 rings (SSSR count). The number of nitrogens with one attached hydrogen (secondary N) is 1. The smallest absolute Gasteiger partial charge is 0.227 e. The summed E-state index contributed by atoms with van der Waals surface area (Å²) in [5.41, 5.74) is 0. The Labute approximate surface area is 115 Å². The first-order valence-electron chi connectivity index (χ1n) is 7.53. The molecule has 2 heterocycles. The van der Waals surface area contributed by atoms with E-state index < -0.39 is 0 Å². The van der Waals surface area contributed by atoms with Crippen LogP contribution in [0.4, 0.5) is 0 Å². The summed E-state index contributed by atoms with van der Waals surface area (Å²) in [5.74, 6) is 1.46. The molecule has 5 nitrogen and oxygen atoms in total. The molecule has 1 fully saturated rings. The summed E-state index contributed by atoms with van der Waals surface area (Å²) in [4.78, 5) is 6.81. The molecule has 1 unspecified atom stereocenters. The molecule has 1 aromatic heterocycles. The predicted molar refractivity (Wildman–Crippen MR) is 75.1 cm³/mol. The van der Waals surface area contributed by atoms with Crippen LogP contribution in [0.15, 0.2) is 4.52 Å². The molecule has 5 heteroatoms. The van der Waals surface area contributed by atoms with Crippen LogP contribution in [0.5, 0.6) is 0 Å². The van der Waals surface area contributed by atoms with Crippen molar-refractivity contribution in [1.29, 1.82) is 0 Å². The average molecular weight is 266 g/mol. The molecular formula is C14H26N4O. The summed E-state index contributed by atoms with van der Waals surface area (Å²) in [7, 11) is 0. The molecular weight excluding hydrogens is 240 g/mol. The number of nitrogens with zero attached hydrogens (tertiary/aromatic N) is 3. The van der Waals surface area contributed by atoms with Crippen molar-refractivity contribution in [2.75, 3.05) is 26.2 Å². The van der Waals surface area contributed by atoms with Crippen molar-refractivity contribution in [1.82, 2.24) is 20.4 Å². The predicted octanol–water partition coefficient (Wildman–Crippen LogP) is 1.77. The van der Waals surface area contributed by atoms with Gasteiger partial charge in [-0.05, 0) is 52.2 Å². The lowest BCUT2D eigenvalue weighted by molar-refractivity contribution is 0.282. The number of hydrogen-bond acceptors (Lipinski definition) is 5. The zero-order valence-electron chi connectivity index (χ0n) is 12.2. The molecule has 0 radical (unpaired) electrons. The number of likely N-dealkylation sites (tertiary alicyclic amines) is 1. The zero-order chi connectivity index (χ0) is 13.5. The summed E-state index contributed by atoms with van der Waals surface area (Å²) in [6.45, 7) is 8.77. The van der Waals surface area contributed by atoms with Crippen LogP contribution < -0.4 is 5.32 Å². The Kier molecular flexibility index (Phi) is 5.79. The summed E-state index contributed by atoms with van der Waals surface area (Å²) >= 11 is 0. The first-order chi connectivity index (χ1) is 9.28. The molecule has 0 aromatic carbocycles. The van der Waals surface area contributed by atoms with E-state index in [-0.39, 0.29) is 0 Å². The van der Waals surface area contributed by atoms with Gasteiger partial charge in [0, 0.05) is 19.0 Å². The van der Waals surface area contributed by atoms with Gasteiger partial charge in [-0.15, -0.1) is 0 Å². The third-order valence-corrected chi connectivity index (χ3v) is 3.70. The molecule has 0 spiro atoms. The minimum absolute atomic E-state index is 0.644. The van der Waals surface area contributed by atoms with Crippen LogP contribution >= 0.6 is 0 Å². The largest absolute Gasteiger partial charge is 0.339 e. The molecule has 1 aliphatic rings. The van der Waals surface area contributed by atoms with Crippen LogP contribution in [0.3, 0.4) is 0 Å². The van der Waals surface area contributed by atoms with Crippen molar-refractivity contribution in [2.24, 2.45) is 0 Å². The second kappa shape index (κ2) is 7.60. The van der Waals surface area contributed by atoms with Gasteiger partial charge in [-0.3, -0.25) is 0 Å². The highest BCUT2D eigenvalue weighted by Gasteiger charge is 2.16. The van der Waals surface area contributed by atoms with E-state index in [1.807, 2.05) is 6.92 Å². The lowest BCUT2D eigenvalue weighted by Gasteiger charge is -2.19. The van der Waals surface area contributed by atoms with E-state index >= 15 is 0 Å². The van der Waals surface area contributed by atoms with Gasteiger partial charge in [0.25, 0.3) is 0 Å². The highest BCUT2D eigenvalue weighted by Crippen LogP contribution is 2.11. The van der Waals surface area contributed by atoms with E-state index in [0.29, 0.717) is 6.04 Å². The highest BCUT2D eigenvalue weighted by atomic mass is 16.5. The van der Waals surface area contributed by atoms with Crippen molar-refractivity contribution in [2.45, 2.75) is 52.0 Å². The van der Waals surface area contributed by atoms with Crippen LogP contribution in [0, 0.1) is 6.92 Å². The maximum absolute atomic E-state index is 5.12. The van der Waals surface area contributed by atoms with Gasteiger partial charge in [-0.25, -0.2) is 0 Å². The molecule has 108 valence electrons. The summed E-state index contributed by atoms with van der Waals surface area (Å²) in [5, 5.41) is 7.43. The molecule has 1 atom stereocenters. The Morgan fingerprint density at radius 1 is 1.37 bits per heavy atom. The Morgan fingerprint density at radius 2 is 2.26 bits per heavy atom. The van der Waals surface area contributed by atoms with E-state index in [1.165, 1.54) is 45.3 Å². The lowest BCUT2D eigenvalue weighted by atomic mass is 10.1. The Balaban J connectivity index is 1.65. The topological polar surface area (TPSA) is 54.2 Å². The van der Waals surface area contributed by atoms with Crippen molar-refractivity contribution < 1.29 is 4.52 Å². The van der Waals surface area contributed by atoms with E-state index in [4.69, 9.17) is 4.52 Å². The molecule has 0 saturated carbocycles. The van der Waals surface area contributed by atoms with Crippen LogP contribution in [0.2, 0.25) is 0 Å². The van der Waals surface area contributed by atoms with Crippen molar-refractivity contribution in [3.8, 4) is 0 Å². The number of rotatable bonds is 6. The lowest BCUT2D eigenvalue weighted by Crippen LogP contribution is -2.32. The SMILES string of the molecule is CCCN1CCCC(NCCc2nc(C)no2)CC1. The highest BCUT2D eigenvalue weighted by molar-refractivity contribution is 4.84. The van der Waals surface area contributed by atoms with Crippen LogP contribution in [-0.4, -0.2) is 47.3 Å². The van der Waals surface area contributed by atoms with Gasteiger partial charge >= 0.3 is 0 Å². The van der Waals surface area contributed by atoms with Crippen molar-refractivity contribution in [3.05, 3.63) is 11.7 Å².